The number of rotatable bonds is 5. The second-order valence-corrected chi connectivity index (χ2v) is 8.30. The molecule has 0 bridgehead atoms. The largest absolute Gasteiger partial charge is 0.358 e. The monoisotopic (exact) mass is 379 g/mol. The van der Waals surface area contributed by atoms with Gasteiger partial charge in [0.15, 0.2) is 0 Å². The van der Waals surface area contributed by atoms with Gasteiger partial charge in [-0.3, -0.25) is 9.59 Å². The molecule has 1 atom stereocenters. The van der Waals surface area contributed by atoms with E-state index < -0.39 is 0 Å². The Bertz CT molecular complexity index is 628. The molecule has 1 fully saturated rings. The van der Waals surface area contributed by atoms with Gasteiger partial charge in [0, 0.05) is 25.8 Å². The van der Waals surface area contributed by atoms with E-state index in [2.05, 4.69) is 10.2 Å². The lowest BCUT2D eigenvalue weighted by Gasteiger charge is -2.23. The molecular formula is C18H25N3O2S2. The SMILES string of the molecule is Cc1ccc(NC(=O)CN(C)C(=O)[C@@H](C)SC(=S)N2CCCC2)cc1. The van der Waals surface area contributed by atoms with Crippen LogP contribution in [0.3, 0.4) is 0 Å². The lowest BCUT2D eigenvalue weighted by molar-refractivity contribution is -0.132. The Morgan fingerprint density at radius 2 is 1.88 bits per heavy atom. The zero-order valence-electron chi connectivity index (χ0n) is 14.9. The van der Waals surface area contributed by atoms with Gasteiger partial charge in [0.25, 0.3) is 0 Å². The van der Waals surface area contributed by atoms with Crippen LogP contribution in [-0.2, 0) is 9.59 Å². The fourth-order valence-electron chi connectivity index (χ4n) is 2.62. The van der Waals surface area contributed by atoms with Gasteiger partial charge < -0.3 is 15.1 Å². The maximum Gasteiger partial charge on any atom is 0.243 e. The standard InChI is InChI=1S/C18H25N3O2S2/c1-13-6-8-15(9-7-13)19-16(22)12-20(3)17(23)14(2)25-18(24)21-10-4-5-11-21/h6-9,14H,4-5,10-12H2,1-3H3,(H,19,22)/t14-/m1/s1. The molecule has 2 rings (SSSR count). The van der Waals surface area contributed by atoms with E-state index in [0.717, 1.165) is 41.5 Å². The molecule has 5 nitrogen and oxygen atoms in total. The summed E-state index contributed by atoms with van der Waals surface area (Å²) in [4.78, 5) is 28.2. The highest BCUT2D eigenvalue weighted by atomic mass is 32.2. The summed E-state index contributed by atoms with van der Waals surface area (Å²) >= 11 is 6.82. The molecule has 0 saturated carbocycles. The second kappa shape index (κ2) is 9.20. The van der Waals surface area contributed by atoms with E-state index >= 15 is 0 Å². The van der Waals surface area contributed by atoms with Crippen molar-refractivity contribution in [2.45, 2.75) is 31.9 Å². The maximum atomic E-state index is 12.5. The average Bonchev–Trinajstić information content (AvgIpc) is 3.10. The quantitative estimate of drug-likeness (QED) is 0.797. The Morgan fingerprint density at radius 1 is 1.28 bits per heavy atom. The van der Waals surface area contributed by atoms with Crippen LogP contribution in [0.2, 0.25) is 0 Å². The molecule has 0 spiro atoms. The first kappa shape index (κ1) is 19.7. The summed E-state index contributed by atoms with van der Waals surface area (Å²) in [5.41, 5.74) is 1.86. The second-order valence-electron chi connectivity index (χ2n) is 6.33. The molecule has 0 aromatic heterocycles. The van der Waals surface area contributed by atoms with Gasteiger partial charge in [-0.1, -0.05) is 41.7 Å². The summed E-state index contributed by atoms with van der Waals surface area (Å²) in [6.45, 7) is 5.80. The topological polar surface area (TPSA) is 52.7 Å². The first-order valence-electron chi connectivity index (χ1n) is 8.44. The van der Waals surface area contributed by atoms with Gasteiger partial charge in [-0.2, -0.15) is 0 Å². The summed E-state index contributed by atoms with van der Waals surface area (Å²) in [7, 11) is 1.65. The van der Waals surface area contributed by atoms with Gasteiger partial charge in [-0.25, -0.2) is 0 Å². The molecule has 2 amide bonds. The van der Waals surface area contributed by atoms with Crippen molar-refractivity contribution in [1.29, 1.82) is 0 Å². The zero-order chi connectivity index (χ0) is 18.4. The summed E-state index contributed by atoms with van der Waals surface area (Å²) < 4.78 is 0.774. The van der Waals surface area contributed by atoms with Gasteiger partial charge in [0.2, 0.25) is 11.8 Å². The Kier molecular flexibility index (Phi) is 7.25. The fourth-order valence-corrected chi connectivity index (χ4v) is 4.15. The lowest BCUT2D eigenvalue weighted by Crippen LogP contribution is -2.40. The van der Waals surface area contributed by atoms with Crippen LogP contribution in [-0.4, -0.2) is 57.9 Å². The van der Waals surface area contributed by atoms with Crippen LogP contribution in [0.25, 0.3) is 0 Å². The number of benzene rings is 1. The van der Waals surface area contributed by atoms with Crippen LogP contribution in [0.5, 0.6) is 0 Å². The smallest absolute Gasteiger partial charge is 0.243 e. The summed E-state index contributed by atoms with van der Waals surface area (Å²) in [5.74, 6) is -0.301. The number of carbonyl (C=O) groups is 2. The van der Waals surface area contributed by atoms with Crippen molar-refractivity contribution in [3.63, 3.8) is 0 Å². The number of hydrogen-bond acceptors (Lipinski definition) is 4. The molecule has 0 aliphatic carbocycles. The molecule has 7 heteroatoms. The van der Waals surface area contributed by atoms with Crippen molar-refractivity contribution in [3.05, 3.63) is 29.8 Å². The van der Waals surface area contributed by atoms with E-state index in [4.69, 9.17) is 12.2 Å². The number of anilines is 1. The van der Waals surface area contributed by atoms with Gasteiger partial charge in [0.1, 0.15) is 4.32 Å². The molecule has 0 unspecified atom stereocenters. The third-order valence-corrected chi connectivity index (χ3v) is 5.64. The Morgan fingerprint density at radius 3 is 2.48 bits per heavy atom. The first-order valence-corrected chi connectivity index (χ1v) is 9.72. The molecule has 1 aromatic rings. The number of thioether (sulfide) groups is 1. The minimum Gasteiger partial charge on any atom is -0.358 e. The van der Waals surface area contributed by atoms with E-state index in [-0.39, 0.29) is 23.6 Å². The normalized spacial score (nSPS) is 14.9. The highest BCUT2D eigenvalue weighted by Gasteiger charge is 2.24. The number of amides is 2. The third-order valence-electron chi connectivity index (χ3n) is 4.08. The fraction of sp³-hybridized carbons (Fsp3) is 0.500. The number of likely N-dealkylation sites (N-methyl/N-ethyl adjacent to an activating group) is 1. The minimum atomic E-state index is -0.301. The van der Waals surface area contributed by atoms with Crippen molar-refractivity contribution < 1.29 is 9.59 Å². The van der Waals surface area contributed by atoms with Crippen LogP contribution in [0.15, 0.2) is 24.3 Å². The predicted molar refractivity (Wildman–Crippen MR) is 108 cm³/mol. The molecule has 1 heterocycles. The van der Waals surface area contributed by atoms with E-state index in [1.165, 1.54) is 16.7 Å². The van der Waals surface area contributed by atoms with E-state index in [9.17, 15) is 9.59 Å². The van der Waals surface area contributed by atoms with Crippen molar-refractivity contribution in [2.75, 3.05) is 32.0 Å². The van der Waals surface area contributed by atoms with Crippen LogP contribution in [0.1, 0.15) is 25.3 Å². The summed E-state index contributed by atoms with van der Waals surface area (Å²) in [6.07, 6.45) is 2.31. The summed E-state index contributed by atoms with van der Waals surface area (Å²) in [6, 6.07) is 7.56. The molecule has 1 aliphatic rings. The van der Waals surface area contributed by atoms with E-state index in [0.29, 0.717) is 0 Å². The first-order chi connectivity index (χ1) is 11.9. The van der Waals surface area contributed by atoms with Gasteiger partial charge >= 0.3 is 0 Å². The average molecular weight is 380 g/mol. The zero-order valence-corrected chi connectivity index (χ0v) is 16.6. The number of nitrogens with one attached hydrogen (secondary N) is 1. The summed E-state index contributed by atoms with van der Waals surface area (Å²) in [5, 5.41) is 2.51. The molecule has 25 heavy (non-hydrogen) atoms. The Balaban J connectivity index is 1.80. The van der Waals surface area contributed by atoms with Crippen LogP contribution in [0.4, 0.5) is 5.69 Å². The van der Waals surface area contributed by atoms with Crippen LogP contribution < -0.4 is 5.32 Å². The third kappa shape index (κ3) is 6.01. The number of aryl methyl sites for hydroxylation is 1. The molecule has 1 aromatic carbocycles. The van der Waals surface area contributed by atoms with Gasteiger partial charge in [-0.05, 0) is 38.8 Å². The molecule has 1 aliphatic heterocycles. The Labute approximate surface area is 159 Å². The van der Waals surface area contributed by atoms with E-state index in [1.54, 1.807) is 7.05 Å². The van der Waals surface area contributed by atoms with Crippen molar-refractivity contribution in [1.82, 2.24) is 9.80 Å². The lowest BCUT2D eigenvalue weighted by atomic mass is 10.2. The molecular weight excluding hydrogens is 354 g/mol. The molecule has 136 valence electrons. The number of nitrogens with zero attached hydrogens (tertiary/aromatic N) is 2. The molecule has 0 radical (unpaired) electrons. The number of carbonyl (C=O) groups excluding carboxylic acids is 2. The number of thiocarbonyl (C=S) groups is 1. The van der Waals surface area contributed by atoms with Gasteiger partial charge in [-0.15, -0.1) is 0 Å². The van der Waals surface area contributed by atoms with E-state index in [1.807, 2.05) is 38.1 Å². The maximum absolute atomic E-state index is 12.5. The Hall–Kier alpha value is -1.60. The van der Waals surface area contributed by atoms with Crippen molar-refractivity contribution in [2.24, 2.45) is 0 Å². The van der Waals surface area contributed by atoms with Crippen molar-refractivity contribution in [3.8, 4) is 0 Å². The van der Waals surface area contributed by atoms with Crippen LogP contribution >= 0.6 is 24.0 Å². The van der Waals surface area contributed by atoms with Gasteiger partial charge in [0.05, 0.1) is 11.8 Å². The highest BCUT2D eigenvalue weighted by molar-refractivity contribution is 8.23. The van der Waals surface area contributed by atoms with Crippen LogP contribution in [0, 0.1) is 6.92 Å². The van der Waals surface area contributed by atoms with Crippen molar-refractivity contribution >= 4 is 45.8 Å². The number of hydrogen-bond donors (Lipinski definition) is 1. The predicted octanol–water partition coefficient (Wildman–Crippen LogP) is 2.89. The highest BCUT2D eigenvalue weighted by Crippen LogP contribution is 2.21. The molecule has 1 N–H and O–H groups in total. The molecule has 1 saturated heterocycles. The minimum absolute atomic E-state index is 0.0219. The number of likely N-dealkylation sites (tertiary alicyclic amines) is 1.